The highest BCUT2D eigenvalue weighted by Gasteiger charge is 2.27. The number of hydrogen-bond acceptors (Lipinski definition) is 3. The molecule has 1 fully saturated rings. The van der Waals surface area contributed by atoms with Gasteiger partial charge in [-0.2, -0.15) is 0 Å². The summed E-state index contributed by atoms with van der Waals surface area (Å²) in [7, 11) is 0. The molecule has 5 nitrogen and oxygen atoms in total. The number of nitrogens with two attached hydrogens (primary N) is 1. The predicted molar refractivity (Wildman–Crippen MR) is 79.8 cm³/mol. The van der Waals surface area contributed by atoms with Crippen molar-refractivity contribution in [3.63, 3.8) is 0 Å². The minimum absolute atomic E-state index is 0.290. The Morgan fingerprint density at radius 2 is 2.05 bits per heavy atom. The third kappa shape index (κ3) is 2.72. The Labute approximate surface area is 122 Å². The van der Waals surface area contributed by atoms with Crippen LogP contribution >= 0.6 is 0 Å². The number of carbonyl (C=O) groups excluding carboxylic acids is 2. The summed E-state index contributed by atoms with van der Waals surface area (Å²) < 4.78 is 0. The number of pyridine rings is 1. The first-order valence-corrected chi connectivity index (χ1v) is 7.06. The van der Waals surface area contributed by atoms with E-state index in [1.165, 1.54) is 0 Å². The van der Waals surface area contributed by atoms with E-state index in [0.29, 0.717) is 11.5 Å². The first kappa shape index (κ1) is 13.5. The molecule has 5 heteroatoms. The second-order valence-corrected chi connectivity index (χ2v) is 5.48. The summed E-state index contributed by atoms with van der Waals surface area (Å²) >= 11 is 0. The SMILES string of the molecule is CC(NC(=O)c1cc(C2CC2)nc2ccccc12)C(N)=O. The monoisotopic (exact) mass is 283 g/mol. The second kappa shape index (κ2) is 5.16. The molecular formula is C16H17N3O2. The first-order chi connectivity index (χ1) is 10.1. The molecule has 108 valence electrons. The van der Waals surface area contributed by atoms with Crippen molar-refractivity contribution in [1.82, 2.24) is 10.3 Å². The molecule has 0 aliphatic heterocycles. The zero-order chi connectivity index (χ0) is 15.0. The minimum Gasteiger partial charge on any atom is -0.368 e. The molecule has 0 radical (unpaired) electrons. The molecule has 1 unspecified atom stereocenters. The van der Waals surface area contributed by atoms with Gasteiger partial charge >= 0.3 is 0 Å². The molecule has 1 aliphatic carbocycles. The summed E-state index contributed by atoms with van der Waals surface area (Å²) in [6.07, 6.45) is 2.23. The van der Waals surface area contributed by atoms with E-state index in [1.54, 1.807) is 6.92 Å². The number of primary amides is 1. The summed E-state index contributed by atoms with van der Waals surface area (Å²) in [4.78, 5) is 28.2. The highest BCUT2D eigenvalue weighted by molar-refractivity contribution is 6.07. The lowest BCUT2D eigenvalue weighted by atomic mass is 10.0. The molecule has 1 atom stereocenters. The van der Waals surface area contributed by atoms with Crippen molar-refractivity contribution in [1.29, 1.82) is 0 Å². The maximum Gasteiger partial charge on any atom is 0.252 e. The van der Waals surface area contributed by atoms with E-state index in [0.717, 1.165) is 29.4 Å². The van der Waals surface area contributed by atoms with Crippen LogP contribution in [-0.4, -0.2) is 22.8 Å². The van der Waals surface area contributed by atoms with Gasteiger partial charge in [0.1, 0.15) is 6.04 Å². The number of fused-ring (bicyclic) bond motifs is 1. The second-order valence-electron chi connectivity index (χ2n) is 5.48. The molecule has 1 aromatic carbocycles. The van der Waals surface area contributed by atoms with Crippen LogP contribution in [0, 0.1) is 0 Å². The number of rotatable bonds is 4. The number of hydrogen-bond donors (Lipinski definition) is 2. The summed E-state index contributed by atoms with van der Waals surface area (Å²) in [5.74, 6) is -0.388. The van der Waals surface area contributed by atoms with Crippen LogP contribution < -0.4 is 11.1 Å². The van der Waals surface area contributed by atoms with Crippen LogP contribution in [0.25, 0.3) is 10.9 Å². The Morgan fingerprint density at radius 1 is 1.33 bits per heavy atom. The van der Waals surface area contributed by atoms with Gasteiger partial charge < -0.3 is 11.1 Å². The maximum atomic E-state index is 12.4. The number of aromatic nitrogens is 1. The molecule has 1 heterocycles. The fourth-order valence-corrected chi connectivity index (χ4v) is 2.32. The Kier molecular flexibility index (Phi) is 3.33. The molecule has 1 saturated carbocycles. The topological polar surface area (TPSA) is 85.1 Å². The number of benzene rings is 1. The van der Waals surface area contributed by atoms with Crippen molar-refractivity contribution in [2.75, 3.05) is 0 Å². The molecule has 3 N–H and O–H groups in total. The van der Waals surface area contributed by atoms with Crippen molar-refractivity contribution in [2.24, 2.45) is 5.73 Å². The van der Waals surface area contributed by atoms with Crippen molar-refractivity contribution < 1.29 is 9.59 Å². The number of amides is 2. The van der Waals surface area contributed by atoms with Crippen LogP contribution in [0.4, 0.5) is 0 Å². The molecule has 1 aromatic heterocycles. The van der Waals surface area contributed by atoms with Gasteiger partial charge in [0.25, 0.3) is 5.91 Å². The van der Waals surface area contributed by atoms with Crippen LogP contribution in [0.15, 0.2) is 30.3 Å². The van der Waals surface area contributed by atoms with E-state index in [4.69, 9.17) is 5.73 Å². The average Bonchev–Trinajstić information content (AvgIpc) is 3.30. The average molecular weight is 283 g/mol. The van der Waals surface area contributed by atoms with Gasteiger partial charge in [-0.3, -0.25) is 14.6 Å². The van der Waals surface area contributed by atoms with E-state index in [9.17, 15) is 9.59 Å². The summed E-state index contributed by atoms with van der Waals surface area (Å²) in [5.41, 5.74) is 7.50. The van der Waals surface area contributed by atoms with Crippen molar-refractivity contribution in [2.45, 2.75) is 31.7 Å². The van der Waals surface area contributed by atoms with Gasteiger partial charge in [-0.15, -0.1) is 0 Å². The largest absolute Gasteiger partial charge is 0.368 e. The van der Waals surface area contributed by atoms with Crippen LogP contribution in [0.1, 0.15) is 41.7 Å². The van der Waals surface area contributed by atoms with Gasteiger partial charge in [0.15, 0.2) is 0 Å². The fourth-order valence-electron chi connectivity index (χ4n) is 2.32. The molecular weight excluding hydrogens is 266 g/mol. The number of para-hydroxylation sites is 1. The molecule has 21 heavy (non-hydrogen) atoms. The molecule has 0 spiro atoms. The van der Waals surface area contributed by atoms with Gasteiger partial charge in [-0.1, -0.05) is 18.2 Å². The summed E-state index contributed by atoms with van der Waals surface area (Å²) in [6.45, 7) is 1.57. The first-order valence-electron chi connectivity index (χ1n) is 7.06. The molecule has 1 aliphatic rings. The Bertz CT molecular complexity index is 723. The Hall–Kier alpha value is -2.43. The third-order valence-corrected chi connectivity index (χ3v) is 3.75. The summed E-state index contributed by atoms with van der Waals surface area (Å²) in [6, 6.07) is 8.67. The van der Waals surface area contributed by atoms with Crippen LogP contribution in [0.3, 0.4) is 0 Å². The Morgan fingerprint density at radius 3 is 2.71 bits per heavy atom. The predicted octanol–water partition coefficient (Wildman–Crippen LogP) is 1.72. The van der Waals surface area contributed by atoms with Crippen LogP contribution in [0.5, 0.6) is 0 Å². The number of carbonyl (C=O) groups is 2. The fraction of sp³-hybridized carbons (Fsp3) is 0.312. The zero-order valence-electron chi connectivity index (χ0n) is 11.8. The van der Waals surface area contributed by atoms with E-state index in [-0.39, 0.29) is 5.91 Å². The third-order valence-electron chi connectivity index (χ3n) is 3.75. The van der Waals surface area contributed by atoms with Crippen LogP contribution in [0.2, 0.25) is 0 Å². The number of nitrogens with zero attached hydrogens (tertiary/aromatic N) is 1. The highest BCUT2D eigenvalue weighted by Crippen LogP contribution is 2.40. The van der Waals surface area contributed by atoms with Crippen molar-refractivity contribution in [3.8, 4) is 0 Å². The molecule has 3 rings (SSSR count). The molecule has 2 aromatic rings. The van der Waals surface area contributed by atoms with E-state index >= 15 is 0 Å². The smallest absolute Gasteiger partial charge is 0.252 e. The van der Waals surface area contributed by atoms with Crippen LogP contribution in [-0.2, 0) is 4.79 Å². The molecule has 2 amide bonds. The van der Waals surface area contributed by atoms with E-state index < -0.39 is 11.9 Å². The summed E-state index contributed by atoms with van der Waals surface area (Å²) in [5, 5.41) is 3.42. The lowest BCUT2D eigenvalue weighted by molar-refractivity contribution is -0.119. The minimum atomic E-state index is -0.700. The molecule has 0 saturated heterocycles. The van der Waals surface area contributed by atoms with Crippen molar-refractivity contribution in [3.05, 3.63) is 41.6 Å². The molecule has 0 bridgehead atoms. The Balaban J connectivity index is 2.03. The zero-order valence-corrected chi connectivity index (χ0v) is 11.8. The maximum absolute atomic E-state index is 12.4. The van der Waals surface area contributed by atoms with Gasteiger partial charge in [0, 0.05) is 17.0 Å². The quantitative estimate of drug-likeness (QED) is 0.895. The standard InChI is InChI=1S/C16H17N3O2/c1-9(15(17)20)18-16(21)12-8-14(10-6-7-10)19-13-5-3-2-4-11(12)13/h2-5,8-10H,6-7H2,1H3,(H2,17,20)(H,18,21). The van der Waals surface area contributed by atoms with E-state index in [2.05, 4.69) is 10.3 Å². The lowest BCUT2D eigenvalue weighted by Crippen LogP contribution is -2.42. The van der Waals surface area contributed by atoms with Gasteiger partial charge in [0.05, 0.1) is 11.1 Å². The van der Waals surface area contributed by atoms with Gasteiger partial charge in [0.2, 0.25) is 5.91 Å². The number of nitrogens with one attached hydrogen (secondary N) is 1. The van der Waals surface area contributed by atoms with E-state index in [1.807, 2.05) is 30.3 Å². The highest BCUT2D eigenvalue weighted by atomic mass is 16.2. The van der Waals surface area contributed by atoms with Gasteiger partial charge in [-0.05, 0) is 31.9 Å². The normalized spacial score (nSPS) is 15.7. The van der Waals surface area contributed by atoms with Gasteiger partial charge in [-0.25, -0.2) is 0 Å². The lowest BCUT2D eigenvalue weighted by Gasteiger charge is -2.13. The van der Waals surface area contributed by atoms with Crippen molar-refractivity contribution >= 4 is 22.7 Å².